The number of hydrogen-bond donors (Lipinski definition) is 1. The lowest BCUT2D eigenvalue weighted by Gasteiger charge is -2.06. The SMILES string of the molecule is C=C/C=C(\C)c1ccc(N)cc1C. The molecule has 0 amide bonds. The molecular weight excluding hydrogens is 158 g/mol. The van der Waals surface area contributed by atoms with Gasteiger partial charge in [0.2, 0.25) is 0 Å². The van der Waals surface area contributed by atoms with Gasteiger partial charge in [0.1, 0.15) is 0 Å². The fourth-order valence-corrected chi connectivity index (χ4v) is 1.40. The Balaban J connectivity index is 3.15. The summed E-state index contributed by atoms with van der Waals surface area (Å²) in [6, 6.07) is 5.94. The lowest BCUT2D eigenvalue weighted by Crippen LogP contribution is -1.89. The second-order valence-electron chi connectivity index (χ2n) is 3.16. The highest BCUT2D eigenvalue weighted by atomic mass is 14.5. The Bertz CT molecular complexity index is 348. The van der Waals surface area contributed by atoms with E-state index in [0.29, 0.717) is 0 Å². The van der Waals surface area contributed by atoms with Gasteiger partial charge >= 0.3 is 0 Å². The third kappa shape index (κ3) is 2.22. The van der Waals surface area contributed by atoms with Gasteiger partial charge in [-0.15, -0.1) is 0 Å². The molecule has 13 heavy (non-hydrogen) atoms. The number of allylic oxidation sites excluding steroid dienone is 3. The van der Waals surface area contributed by atoms with Crippen molar-refractivity contribution in [3.63, 3.8) is 0 Å². The van der Waals surface area contributed by atoms with E-state index in [0.717, 1.165) is 5.69 Å². The standard InChI is InChI=1S/C12H15N/c1-4-5-9(2)12-7-6-11(13)8-10(12)3/h4-8H,1,13H2,2-3H3/b9-5+. The van der Waals surface area contributed by atoms with Gasteiger partial charge in [0.05, 0.1) is 0 Å². The Hall–Kier alpha value is -1.50. The summed E-state index contributed by atoms with van der Waals surface area (Å²) in [6.07, 6.45) is 3.80. The van der Waals surface area contributed by atoms with Gasteiger partial charge in [-0.3, -0.25) is 0 Å². The Morgan fingerprint density at radius 3 is 2.69 bits per heavy atom. The van der Waals surface area contributed by atoms with Crippen molar-refractivity contribution in [2.75, 3.05) is 5.73 Å². The summed E-state index contributed by atoms with van der Waals surface area (Å²) in [7, 11) is 0. The minimum atomic E-state index is 0.813. The van der Waals surface area contributed by atoms with Gasteiger partial charge in [-0.1, -0.05) is 24.8 Å². The average molecular weight is 173 g/mol. The number of nitrogen functional groups attached to an aromatic ring is 1. The molecule has 0 saturated carbocycles. The summed E-state index contributed by atoms with van der Waals surface area (Å²) in [5.74, 6) is 0. The van der Waals surface area contributed by atoms with Gasteiger partial charge in [-0.2, -0.15) is 0 Å². The molecule has 0 aliphatic carbocycles. The number of aryl methyl sites for hydroxylation is 1. The zero-order valence-electron chi connectivity index (χ0n) is 8.17. The molecule has 1 aromatic rings. The molecule has 1 aromatic carbocycles. The Morgan fingerprint density at radius 2 is 2.15 bits per heavy atom. The number of rotatable bonds is 2. The fraction of sp³-hybridized carbons (Fsp3) is 0.167. The van der Waals surface area contributed by atoms with Crippen LogP contribution in [0.1, 0.15) is 18.1 Å². The zero-order chi connectivity index (χ0) is 9.84. The summed E-state index contributed by atoms with van der Waals surface area (Å²) in [5.41, 5.74) is 10.1. The maximum absolute atomic E-state index is 5.66. The molecule has 2 N–H and O–H groups in total. The highest BCUT2D eigenvalue weighted by molar-refractivity contribution is 5.69. The number of hydrogen-bond acceptors (Lipinski definition) is 1. The molecule has 0 aromatic heterocycles. The maximum Gasteiger partial charge on any atom is 0.0317 e. The zero-order valence-corrected chi connectivity index (χ0v) is 8.17. The summed E-state index contributed by atoms with van der Waals surface area (Å²) < 4.78 is 0. The van der Waals surface area contributed by atoms with E-state index in [1.165, 1.54) is 16.7 Å². The number of benzene rings is 1. The van der Waals surface area contributed by atoms with Crippen molar-refractivity contribution in [3.8, 4) is 0 Å². The topological polar surface area (TPSA) is 26.0 Å². The van der Waals surface area contributed by atoms with Gasteiger partial charge in [-0.05, 0) is 42.7 Å². The Morgan fingerprint density at radius 1 is 1.46 bits per heavy atom. The third-order valence-electron chi connectivity index (χ3n) is 2.04. The molecule has 0 unspecified atom stereocenters. The van der Waals surface area contributed by atoms with Crippen LogP contribution < -0.4 is 5.73 Å². The summed E-state index contributed by atoms with van der Waals surface area (Å²) in [5, 5.41) is 0. The first-order valence-electron chi connectivity index (χ1n) is 4.31. The minimum absolute atomic E-state index is 0.813. The van der Waals surface area contributed by atoms with Crippen LogP contribution in [0.4, 0.5) is 5.69 Å². The molecule has 0 aliphatic heterocycles. The highest BCUT2D eigenvalue weighted by Gasteiger charge is 1.99. The van der Waals surface area contributed by atoms with Crippen LogP contribution in [0.15, 0.2) is 36.9 Å². The van der Waals surface area contributed by atoms with E-state index in [4.69, 9.17) is 5.73 Å². The molecule has 68 valence electrons. The van der Waals surface area contributed by atoms with E-state index in [1.807, 2.05) is 24.3 Å². The maximum atomic E-state index is 5.66. The predicted molar refractivity (Wildman–Crippen MR) is 59.4 cm³/mol. The van der Waals surface area contributed by atoms with Crippen molar-refractivity contribution >= 4 is 11.3 Å². The van der Waals surface area contributed by atoms with E-state index < -0.39 is 0 Å². The van der Waals surface area contributed by atoms with Gasteiger partial charge in [0.15, 0.2) is 0 Å². The summed E-state index contributed by atoms with van der Waals surface area (Å²) >= 11 is 0. The van der Waals surface area contributed by atoms with Crippen molar-refractivity contribution in [2.45, 2.75) is 13.8 Å². The monoisotopic (exact) mass is 173 g/mol. The lowest BCUT2D eigenvalue weighted by molar-refractivity contribution is 1.41. The third-order valence-corrected chi connectivity index (χ3v) is 2.04. The van der Waals surface area contributed by atoms with Crippen molar-refractivity contribution in [1.82, 2.24) is 0 Å². The van der Waals surface area contributed by atoms with Gasteiger partial charge in [0, 0.05) is 5.69 Å². The van der Waals surface area contributed by atoms with Gasteiger partial charge in [0.25, 0.3) is 0 Å². The van der Waals surface area contributed by atoms with Crippen molar-refractivity contribution < 1.29 is 0 Å². The molecule has 0 radical (unpaired) electrons. The van der Waals surface area contributed by atoms with E-state index in [1.54, 1.807) is 6.08 Å². The van der Waals surface area contributed by atoms with E-state index in [9.17, 15) is 0 Å². The van der Waals surface area contributed by atoms with Crippen molar-refractivity contribution in [3.05, 3.63) is 48.1 Å². The molecular formula is C12H15N. The molecule has 1 heteroatoms. The molecule has 0 heterocycles. The second kappa shape index (κ2) is 3.94. The molecule has 0 fully saturated rings. The van der Waals surface area contributed by atoms with Crippen LogP contribution in [0.5, 0.6) is 0 Å². The Kier molecular flexibility index (Phi) is 2.91. The Labute approximate surface area is 79.6 Å². The second-order valence-corrected chi connectivity index (χ2v) is 3.16. The van der Waals surface area contributed by atoms with E-state index in [2.05, 4.69) is 20.4 Å². The van der Waals surface area contributed by atoms with Crippen LogP contribution in [-0.2, 0) is 0 Å². The van der Waals surface area contributed by atoms with Crippen LogP contribution in [0.2, 0.25) is 0 Å². The molecule has 0 bridgehead atoms. The first-order chi connectivity index (χ1) is 6.15. The summed E-state index contributed by atoms with van der Waals surface area (Å²) in [6.45, 7) is 7.80. The molecule has 1 rings (SSSR count). The van der Waals surface area contributed by atoms with Crippen LogP contribution in [0, 0.1) is 6.92 Å². The quantitative estimate of drug-likeness (QED) is 0.539. The molecule has 0 atom stereocenters. The minimum Gasteiger partial charge on any atom is -0.399 e. The van der Waals surface area contributed by atoms with E-state index >= 15 is 0 Å². The highest BCUT2D eigenvalue weighted by Crippen LogP contribution is 2.20. The smallest absolute Gasteiger partial charge is 0.0317 e. The normalized spacial score (nSPS) is 11.4. The number of nitrogens with two attached hydrogens (primary N) is 1. The first kappa shape index (κ1) is 9.59. The largest absolute Gasteiger partial charge is 0.399 e. The molecule has 0 saturated heterocycles. The first-order valence-corrected chi connectivity index (χ1v) is 4.31. The van der Waals surface area contributed by atoms with Gasteiger partial charge < -0.3 is 5.73 Å². The fourth-order valence-electron chi connectivity index (χ4n) is 1.40. The van der Waals surface area contributed by atoms with Crippen LogP contribution >= 0.6 is 0 Å². The van der Waals surface area contributed by atoms with E-state index in [-0.39, 0.29) is 0 Å². The van der Waals surface area contributed by atoms with Crippen molar-refractivity contribution in [2.24, 2.45) is 0 Å². The molecule has 1 nitrogen and oxygen atoms in total. The summed E-state index contributed by atoms with van der Waals surface area (Å²) in [4.78, 5) is 0. The molecule has 0 aliphatic rings. The average Bonchev–Trinajstić information content (AvgIpc) is 2.04. The lowest BCUT2D eigenvalue weighted by atomic mass is 10.0. The van der Waals surface area contributed by atoms with Crippen LogP contribution in [0.3, 0.4) is 0 Å². The molecule has 0 spiro atoms. The van der Waals surface area contributed by atoms with Gasteiger partial charge in [-0.25, -0.2) is 0 Å². The van der Waals surface area contributed by atoms with Crippen LogP contribution in [-0.4, -0.2) is 0 Å². The predicted octanol–water partition coefficient (Wildman–Crippen LogP) is 3.17. The van der Waals surface area contributed by atoms with Crippen LogP contribution in [0.25, 0.3) is 5.57 Å². The number of anilines is 1. The van der Waals surface area contributed by atoms with Crippen molar-refractivity contribution in [1.29, 1.82) is 0 Å².